The molecule has 4 rings (SSSR count). The maximum Gasteiger partial charge on any atom is 0.165 e. The Morgan fingerprint density at radius 2 is 1.52 bits per heavy atom. The molecule has 29 heavy (non-hydrogen) atoms. The highest BCUT2D eigenvalue weighted by atomic mass is 15.1. The number of rotatable bonds is 4. The van der Waals surface area contributed by atoms with Gasteiger partial charge in [-0.15, -0.1) is 0 Å². The van der Waals surface area contributed by atoms with Crippen LogP contribution in [0, 0.1) is 0 Å². The predicted molar refractivity (Wildman–Crippen MR) is 121 cm³/mol. The number of nitrogens with zero attached hydrogens (tertiary/aromatic N) is 4. The summed E-state index contributed by atoms with van der Waals surface area (Å²) in [5.41, 5.74) is 13.2. The molecule has 0 fully saturated rings. The third-order valence-corrected chi connectivity index (χ3v) is 5.20. The van der Waals surface area contributed by atoms with Crippen LogP contribution in [0.3, 0.4) is 0 Å². The van der Waals surface area contributed by atoms with Crippen LogP contribution in [-0.2, 0) is 0 Å². The van der Waals surface area contributed by atoms with Crippen molar-refractivity contribution in [3.8, 4) is 22.4 Å². The highest BCUT2D eigenvalue weighted by Crippen LogP contribution is 2.35. The first-order valence-electron chi connectivity index (χ1n) is 9.73. The second-order valence-corrected chi connectivity index (χ2v) is 7.73. The lowest BCUT2D eigenvalue weighted by Gasteiger charge is -2.15. The first-order valence-corrected chi connectivity index (χ1v) is 9.73. The Balaban J connectivity index is 1.93. The van der Waals surface area contributed by atoms with Crippen LogP contribution in [-0.4, -0.2) is 29.0 Å². The predicted octanol–water partition coefficient (Wildman–Crippen LogP) is 5.13. The van der Waals surface area contributed by atoms with Crippen molar-refractivity contribution < 1.29 is 0 Å². The van der Waals surface area contributed by atoms with Crippen LogP contribution < -0.4 is 10.6 Å². The number of nitrogen functional groups attached to an aromatic ring is 1. The Hall–Kier alpha value is -3.47. The van der Waals surface area contributed by atoms with Crippen LogP contribution in [0.5, 0.6) is 0 Å². The topological polar surface area (TPSA) is 67.9 Å². The molecule has 5 heteroatoms. The third-order valence-electron chi connectivity index (χ3n) is 5.20. The van der Waals surface area contributed by atoms with E-state index in [1.807, 2.05) is 14.1 Å². The number of aromatic nitrogens is 3. The Labute approximate surface area is 171 Å². The van der Waals surface area contributed by atoms with Crippen LogP contribution in [0.25, 0.3) is 33.4 Å². The van der Waals surface area contributed by atoms with Crippen molar-refractivity contribution in [2.24, 2.45) is 0 Å². The first kappa shape index (κ1) is 18.9. The molecular weight excluding hydrogens is 358 g/mol. The summed E-state index contributed by atoms with van der Waals surface area (Å²) in [6, 6.07) is 19.1. The number of anilines is 2. The summed E-state index contributed by atoms with van der Waals surface area (Å²) in [5.74, 6) is 0.929. The van der Waals surface area contributed by atoms with Crippen molar-refractivity contribution in [2.45, 2.75) is 19.8 Å². The van der Waals surface area contributed by atoms with E-state index < -0.39 is 0 Å². The molecule has 0 bridgehead atoms. The molecule has 0 aliphatic carbocycles. The monoisotopic (exact) mass is 383 g/mol. The van der Waals surface area contributed by atoms with Crippen LogP contribution in [0.15, 0.2) is 60.9 Å². The molecule has 0 unspecified atom stereocenters. The van der Waals surface area contributed by atoms with Crippen molar-refractivity contribution in [1.82, 2.24) is 15.0 Å². The zero-order chi connectivity index (χ0) is 20.5. The lowest BCUT2D eigenvalue weighted by Crippen LogP contribution is -2.08. The Bertz CT molecular complexity index is 1150. The zero-order valence-electron chi connectivity index (χ0n) is 17.2. The van der Waals surface area contributed by atoms with E-state index in [1.54, 1.807) is 0 Å². The molecule has 2 aromatic carbocycles. The van der Waals surface area contributed by atoms with E-state index in [9.17, 15) is 0 Å². The lowest BCUT2D eigenvalue weighted by atomic mass is 9.95. The number of pyridine rings is 1. The van der Waals surface area contributed by atoms with Crippen LogP contribution in [0.4, 0.5) is 11.5 Å². The van der Waals surface area contributed by atoms with Gasteiger partial charge in [0.2, 0.25) is 0 Å². The van der Waals surface area contributed by atoms with Crippen LogP contribution in [0.2, 0.25) is 0 Å². The molecule has 146 valence electrons. The number of fused-ring (bicyclic) bond motifs is 1. The summed E-state index contributed by atoms with van der Waals surface area (Å²) in [7, 11) is 4.06. The maximum atomic E-state index is 6.11. The average molecular weight is 383 g/mol. The molecule has 0 amide bonds. The smallest absolute Gasteiger partial charge is 0.165 e. The molecule has 2 heterocycles. The molecule has 2 N–H and O–H groups in total. The van der Waals surface area contributed by atoms with Crippen LogP contribution in [0.1, 0.15) is 25.3 Å². The van der Waals surface area contributed by atoms with Gasteiger partial charge in [-0.25, -0.2) is 15.0 Å². The number of hydrogen-bond acceptors (Lipinski definition) is 5. The van der Waals surface area contributed by atoms with E-state index in [2.05, 4.69) is 83.3 Å². The van der Waals surface area contributed by atoms with Gasteiger partial charge in [-0.3, -0.25) is 0 Å². The molecule has 4 aromatic rings. The van der Waals surface area contributed by atoms with Crippen molar-refractivity contribution in [1.29, 1.82) is 0 Å². The molecule has 0 aliphatic heterocycles. The molecule has 0 atom stereocenters. The summed E-state index contributed by atoms with van der Waals surface area (Å²) in [6.45, 7) is 4.39. The van der Waals surface area contributed by atoms with Gasteiger partial charge in [-0.2, -0.15) is 0 Å². The van der Waals surface area contributed by atoms with Crippen molar-refractivity contribution in [2.75, 3.05) is 24.7 Å². The van der Waals surface area contributed by atoms with Gasteiger partial charge < -0.3 is 10.6 Å². The van der Waals surface area contributed by atoms with Gasteiger partial charge >= 0.3 is 0 Å². The van der Waals surface area contributed by atoms with Gasteiger partial charge in [0.05, 0.1) is 11.1 Å². The van der Waals surface area contributed by atoms with E-state index >= 15 is 0 Å². The SMILES string of the molecule is CC(C)c1ccc(-c2cc3c(N)ncnc3nc2-c2ccc(N(C)C)cc2)cc1. The van der Waals surface area contributed by atoms with Gasteiger partial charge in [0, 0.05) is 30.9 Å². The first-order chi connectivity index (χ1) is 13.9. The van der Waals surface area contributed by atoms with Gasteiger partial charge in [0.25, 0.3) is 0 Å². The molecule has 0 saturated carbocycles. The van der Waals surface area contributed by atoms with Crippen molar-refractivity contribution in [3.63, 3.8) is 0 Å². The summed E-state index contributed by atoms with van der Waals surface area (Å²) in [5, 5.41) is 0.768. The quantitative estimate of drug-likeness (QED) is 0.529. The van der Waals surface area contributed by atoms with E-state index in [1.165, 1.54) is 11.9 Å². The summed E-state index contributed by atoms with van der Waals surface area (Å²) < 4.78 is 0. The molecule has 0 saturated heterocycles. The fraction of sp³-hybridized carbons (Fsp3) is 0.208. The summed E-state index contributed by atoms with van der Waals surface area (Å²) >= 11 is 0. The van der Waals surface area contributed by atoms with Crippen molar-refractivity contribution in [3.05, 3.63) is 66.5 Å². The fourth-order valence-corrected chi connectivity index (χ4v) is 3.41. The van der Waals surface area contributed by atoms with Gasteiger partial charge in [0.1, 0.15) is 12.1 Å². The van der Waals surface area contributed by atoms with Crippen molar-refractivity contribution >= 4 is 22.5 Å². The zero-order valence-corrected chi connectivity index (χ0v) is 17.2. The fourth-order valence-electron chi connectivity index (χ4n) is 3.41. The van der Waals surface area contributed by atoms with E-state index in [0.29, 0.717) is 17.4 Å². The molecule has 5 nitrogen and oxygen atoms in total. The lowest BCUT2D eigenvalue weighted by molar-refractivity contribution is 0.867. The second-order valence-electron chi connectivity index (χ2n) is 7.73. The third kappa shape index (κ3) is 3.63. The maximum absolute atomic E-state index is 6.11. The molecule has 0 radical (unpaired) electrons. The summed E-state index contributed by atoms with van der Waals surface area (Å²) in [4.78, 5) is 15.4. The highest BCUT2D eigenvalue weighted by molar-refractivity contribution is 5.94. The average Bonchev–Trinajstić information content (AvgIpc) is 2.73. The molecule has 0 aliphatic rings. The van der Waals surface area contributed by atoms with Gasteiger partial charge in [0.15, 0.2) is 5.65 Å². The number of benzene rings is 2. The van der Waals surface area contributed by atoms with Gasteiger partial charge in [-0.05, 0) is 35.2 Å². The minimum absolute atomic E-state index is 0.442. The molecular formula is C24H25N5. The Kier molecular flexibility index (Phi) is 4.89. The van der Waals surface area contributed by atoms with Gasteiger partial charge in [-0.1, -0.05) is 50.2 Å². The second kappa shape index (κ2) is 7.51. The van der Waals surface area contributed by atoms with E-state index in [0.717, 1.165) is 33.5 Å². The summed E-state index contributed by atoms with van der Waals surface area (Å²) in [6.07, 6.45) is 1.46. The molecule has 0 spiro atoms. The van der Waals surface area contributed by atoms with E-state index in [-0.39, 0.29) is 0 Å². The normalized spacial score (nSPS) is 11.2. The highest BCUT2D eigenvalue weighted by Gasteiger charge is 2.14. The Morgan fingerprint density at radius 1 is 0.862 bits per heavy atom. The molecule has 2 aromatic heterocycles. The van der Waals surface area contributed by atoms with Crippen LogP contribution >= 0.6 is 0 Å². The Morgan fingerprint density at radius 3 is 2.14 bits per heavy atom. The van der Waals surface area contributed by atoms with E-state index in [4.69, 9.17) is 10.7 Å². The minimum atomic E-state index is 0.442. The largest absolute Gasteiger partial charge is 0.383 e. The number of hydrogen-bond donors (Lipinski definition) is 1. The number of nitrogens with two attached hydrogens (primary N) is 1. The minimum Gasteiger partial charge on any atom is -0.383 e. The standard InChI is InChI=1S/C24H25N5/c1-15(2)16-5-7-17(8-6-16)20-13-21-23(25)26-14-27-24(21)28-22(20)18-9-11-19(12-10-18)29(3)4/h5-15H,1-4H3,(H2,25,26,27,28).